The first kappa shape index (κ1) is 56.9. The van der Waals surface area contributed by atoms with Crippen LogP contribution < -0.4 is 0 Å². The molecular formula is C53H98O6. The molecule has 0 aliphatic heterocycles. The maximum absolute atomic E-state index is 12.7. The molecule has 0 unspecified atom stereocenters. The van der Waals surface area contributed by atoms with E-state index >= 15 is 0 Å². The largest absolute Gasteiger partial charge is 0.462 e. The molecule has 0 amide bonds. The number of carbonyl (C=O) groups is 3. The zero-order valence-corrected chi connectivity index (χ0v) is 39.5. The summed E-state index contributed by atoms with van der Waals surface area (Å²) >= 11 is 0. The fraction of sp³-hybridized carbons (Fsp3) is 0.868. The average molecular weight is 831 g/mol. The van der Waals surface area contributed by atoms with Crippen LogP contribution in [0.2, 0.25) is 0 Å². The van der Waals surface area contributed by atoms with Crippen molar-refractivity contribution >= 4 is 17.9 Å². The number of carbonyl (C=O) groups excluding carboxylic acids is 3. The zero-order chi connectivity index (χ0) is 43.0. The third-order valence-corrected chi connectivity index (χ3v) is 11.4. The molecule has 6 heteroatoms. The summed E-state index contributed by atoms with van der Waals surface area (Å²) in [7, 11) is 0. The fourth-order valence-corrected chi connectivity index (χ4v) is 7.48. The minimum atomic E-state index is -0.773. The summed E-state index contributed by atoms with van der Waals surface area (Å²) in [6.07, 6.45) is 54.5. The van der Waals surface area contributed by atoms with Gasteiger partial charge in [0.25, 0.3) is 0 Å². The minimum absolute atomic E-state index is 0.0736. The summed E-state index contributed by atoms with van der Waals surface area (Å²) < 4.78 is 16.8. The predicted octanol–water partition coefficient (Wildman–Crippen LogP) is 16.8. The molecular weight excluding hydrogens is 733 g/mol. The summed E-state index contributed by atoms with van der Waals surface area (Å²) in [5.74, 6) is -0.881. The molecule has 0 spiro atoms. The maximum atomic E-state index is 12.7. The third-order valence-electron chi connectivity index (χ3n) is 11.4. The van der Waals surface area contributed by atoms with Crippen molar-refractivity contribution in [2.24, 2.45) is 0 Å². The second kappa shape index (κ2) is 48.6. The number of unbranched alkanes of at least 4 members (excludes halogenated alkanes) is 32. The van der Waals surface area contributed by atoms with Crippen molar-refractivity contribution in [3.05, 3.63) is 24.3 Å². The van der Waals surface area contributed by atoms with Gasteiger partial charge in [0.15, 0.2) is 6.10 Å². The Balaban J connectivity index is 4.30. The van der Waals surface area contributed by atoms with E-state index in [2.05, 4.69) is 45.1 Å². The van der Waals surface area contributed by atoms with Crippen molar-refractivity contribution in [1.82, 2.24) is 0 Å². The third kappa shape index (κ3) is 46.8. The molecule has 0 aliphatic rings. The highest BCUT2D eigenvalue weighted by atomic mass is 16.6. The first-order chi connectivity index (χ1) is 29.0. The van der Waals surface area contributed by atoms with Crippen molar-refractivity contribution < 1.29 is 28.6 Å². The Morgan fingerprint density at radius 3 is 0.915 bits per heavy atom. The lowest BCUT2D eigenvalue weighted by molar-refractivity contribution is -0.167. The number of rotatable bonds is 47. The predicted molar refractivity (Wildman–Crippen MR) is 252 cm³/mol. The van der Waals surface area contributed by atoms with Gasteiger partial charge in [0.2, 0.25) is 0 Å². The number of esters is 3. The average Bonchev–Trinajstić information content (AvgIpc) is 3.23. The van der Waals surface area contributed by atoms with Crippen LogP contribution in [-0.4, -0.2) is 37.2 Å². The van der Waals surface area contributed by atoms with Gasteiger partial charge in [-0.1, -0.05) is 218 Å². The molecule has 346 valence electrons. The molecule has 0 aromatic heterocycles. The SMILES string of the molecule is CCCC/C=C\CCCCCCCC(=O)O[C@H](COC(=O)CCCCCCC/C=C\CCCCCC)COC(=O)CCCCCCCCCCCCCCCCCCC. The summed E-state index contributed by atoms with van der Waals surface area (Å²) in [6.45, 7) is 6.60. The van der Waals surface area contributed by atoms with E-state index in [0.29, 0.717) is 19.3 Å². The lowest BCUT2D eigenvalue weighted by atomic mass is 10.0. The van der Waals surface area contributed by atoms with Crippen LogP contribution >= 0.6 is 0 Å². The summed E-state index contributed by atoms with van der Waals surface area (Å²) in [5, 5.41) is 0. The van der Waals surface area contributed by atoms with Gasteiger partial charge in [-0.05, 0) is 64.2 Å². The van der Waals surface area contributed by atoms with Gasteiger partial charge >= 0.3 is 17.9 Å². The highest BCUT2D eigenvalue weighted by Crippen LogP contribution is 2.16. The molecule has 0 aliphatic carbocycles. The molecule has 59 heavy (non-hydrogen) atoms. The van der Waals surface area contributed by atoms with E-state index in [-0.39, 0.29) is 31.1 Å². The van der Waals surface area contributed by atoms with Crippen molar-refractivity contribution in [2.75, 3.05) is 13.2 Å². The molecule has 1 atom stereocenters. The summed E-state index contributed by atoms with van der Waals surface area (Å²) in [4.78, 5) is 37.9. The molecule has 0 heterocycles. The van der Waals surface area contributed by atoms with Gasteiger partial charge < -0.3 is 14.2 Å². The van der Waals surface area contributed by atoms with Gasteiger partial charge in [-0.3, -0.25) is 14.4 Å². The van der Waals surface area contributed by atoms with Crippen LogP contribution in [0.5, 0.6) is 0 Å². The second-order valence-corrected chi connectivity index (χ2v) is 17.4. The van der Waals surface area contributed by atoms with Crippen molar-refractivity contribution in [3.8, 4) is 0 Å². The smallest absolute Gasteiger partial charge is 0.306 e. The van der Waals surface area contributed by atoms with E-state index < -0.39 is 6.10 Å². The van der Waals surface area contributed by atoms with Crippen molar-refractivity contribution in [3.63, 3.8) is 0 Å². The van der Waals surface area contributed by atoms with Crippen molar-refractivity contribution in [1.29, 1.82) is 0 Å². The zero-order valence-electron chi connectivity index (χ0n) is 39.5. The Morgan fingerprint density at radius 2 is 0.576 bits per heavy atom. The van der Waals surface area contributed by atoms with Crippen LogP contribution in [0.15, 0.2) is 24.3 Å². The summed E-state index contributed by atoms with van der Waals surface area (Å²) in [6, 6.07) is 0. The lowest BCUT2D eigenvalue weighted by Crippen LogP contribution is -2.30. The molecule has 0 N–H and O–H groups in total. The molecule has 0 fully saturated rings. The number of hydrogen-bond acceptors (Lipinski definition) is 6. The van der Waals surface area contributed by atoms with Crippen LogP contribution in [0.4, 0.5) is 0 Å². The van der Waals surface area contributed by atoms with E-state index in [9.17, 15) is 14.4 Å². The van der Waals surface area contributed by atoms with Gasteiger partial charge in [0.1, 0.15) is 13.2 Å². The molecule has 0 rings (SSSR count). The molecule has 0 radical (unpaired) electrons. The summed E-state index contributed by atoms with van der Waals surface area (Å²) in [5.41, 5.74) is 0. The van der Waals surface area contributed by atoms with Gasteiger partial charge in [-0.2, -0.15) is 0 Å². The minimum Gasteiger partial charge on any atom is -0.462 e. The highest BCUT2D eigenvalue weighted by Gasteiger charge is 2.19. The standard InChI is InChI=1S/C53H98O6/c1-4-7-10-13-16-19-22-24-25-26-27-29-32-34-37-40-43-46-52(55)58-49-50(59-53(56)47-44-41-38-35-30-21-18-15-12-9-6-3)48-57-51(54)45-42-39-36-33-31-28-23-20-17-14-11-8-5-2/h15,18,20,23,50H,4-14,16-17,19,21-22,24-49H2,1-3H3/b18-15-,23-20-/t50-/m1/s1. The highest BCUT2D eigenvalue weighted by molar-refractivity contribution is 5.71. The number of hydrogen-bond donors (Lipinski definition) is 0. The Morgan fingerprint density at radius 1 is 0.322 bits per heavy atom. The quantitative estimate of drug-likeness (QED) is 0.0263. The van der Waals surface area contributed by atoms with Crippen LogP contribution in [-0.2, 0) is 28.6 Å². The molecule has 0 aromatic rings. The van der Waals surface area contributed by atoms with E-state index in [0.717, 1.165) is 77.0 Å². The molecule has 0 bridgehead atoms. The Hall–Kier alpha value is -2.11. The Bertz CT molecular complexity index is 958. The van der Waals surface area contributed by atoms with Crippen LogP contribution in [0.25, 0.3) is 0 Å². The van der Waals surface area contributed by atoms with Gasteiger partial charge in [-0.15, -0.1) is 0 Å². The van der Waals surface area contributed by atoms with Gasteiger partial charge in [0.05, 0.1) is 0 Å². The first-order valence-corrected chi connectivity index (χ1v) is 25.8. The Kier molecular flexibility index (Phi) is 46.8. The van der Waals surface area contributed by atoms with Gasteiger partial charge in [-0.25, -0.2) is 0 Å². The molecule has 6 nitrogen and oxygen atoms in total. The topological polar surface area (TPSA) is 78.9 Å². The molecule has 0 aromatic carbocycles. The molecule has 0 saturated carbocycles. The number of allylic oxidation sites excluding steroid dienone is 4. The molecule has 0 saturated heterocycles. The fourth-order valence-electron chi connectivity index (χ4n) is 7.48. The van der Waals surface area contributed by atoms with Crippen molar-refractivity contribution in [2.45, 2.75) is 284 Å². The lowest BCUT2D eigenvalue weighted by Gasteiger charge is -2.18. The monoisotopic (exact) mass is 831 g/mol. The van der Waals surface area contributed by atoms with E-state index in [1.807, 2.05) is 0 Å². The normalized spacial score (nSPS) is 12.1. The second-order valence-electron chi connectivity index (χ2n) is 17.4. The maximum Gasteiger partial charge on any atom is 0.306 e. The van der Waals surface area contributed by atoms with E-state index in [1.165, 1.54) is 161 Å². The number of ether oxygens (including phenoxy) is 3. The van der Waals surface area contributed by atoms with E-state index in [4.69, 9.17) is 14.2 Å². The van der Waals surface area contributed by atoms with E-state index in [1.54, 1.807) is 0 Å². The first-order valence-electron chi connectivity index (χ1n) is 25.8. The van der Waals surface area contributed by atoms with Crippen LogP contribution in [0.3, 0.4) is 0 Å². The van der Waals surface area contributed by atoms with Crippen LogP contribution in [0.1, 0.15) is 278 Å². The van der Waals surface area contributed by atoms with Gasteiger partial charge in [0, 0.05) is 19.3 Å². The van der Waals surface area contributed by atoms with Crippen LogP contribution in [0, 0.1) is 0 Å². The Labute approximate surface area is 366 Å².